The van der Waals surface area contributed by atoms with E-state index in [0.717, 1.165) is 0 Å². The molecule has 0 aliphatic carbocycles. The van der Waals surface area contributed by atoms with Crippen LogP contribution in [0.3, 0.4) is 0 Å². The predicted molar refractivity (Wildman–Crippen MR) is 77.8 cm³/mol. The van der Waals surface area contributed by atoms with Gasteiger partial charge in [0.15, 0.2) is 0 Å². The standard InChI is InChI=1S/C15H13F2NOS/c1-9-6-12(3-5-14(9)17)19-8-10-7-11(16)2-4-13(10)15(18)20/h2-7H,8H2,1H3,(H2,18,20). The van der Waals surface area contributed by atoms with Crippen LogP contribution in [0.4, 0.5) is 8.78 Å². The minimum atomic E-state index is -0.390. The molecule has 2 rings (SSSR count). The van der Waals surface area contributed by atoms with E-state index in [0.29, 0.717) is 22.4 Å². The van der Waals surface area contributed by atoms with Gasteiger partial charge in [0.2, 0.25) is 0 Å². The number of ether oxygens (including phenoxy) is 1. The molecule has 0 bridgehead atoms. The second-order valence-corrected chi connectivity index (χ2v) is 4.81. The summed E-state index contributed by atoms with van der Waals surface area (Å²) in [4.78, 5) is 0.180. The van der Waals surface area contributed by atoms with Crippen LogP contribution in [0.15, 0.2) is 36.4 Å². The molecule has 0 amide bonds. The maximum Gasteiger partial charge on any atom is 0.126 e. The molecule has 0 aliphatic rings. The summed E-state index contributed by atoms with van der Waals surface area (Å²) in [5.41, 5.74) is 7.19. The highest BCUT2D eigenvalue weighted by Gasteiger charge is 2.08. The molecular weight excluding hydrogens is 280 g/mol. The Bertz CT molecular complexity index is 658. The molecule has 5 heteroatoms. The highest BCUT2D eigenvalue weighted by atomic mass is 32.1. The van der Waals surface area contributed by atoms with Crippen molar-refractivity contribution in [1.29, 1.82) is 0 Å². The molecule has 104 valence electrons. The first-order valence-electron chi connectivity index (χ1n) is 5.94. The molecule has 0 saturated heterocycles. The van der Waals surface area contributed by atoms with E-state index in [1.54, 1.807) is 13.0 Å². The Morgan fingerprint density at radius 2 is 1.95 bits per heavy atom. The Kier molecular flexibility index (Phi) is 4.29. The van der Waals surface area contributed by atoms with Crippen LogP contribution < -0.4 is 10.5 Å². The van der Waals surface area contributed by atoms with Gasteiger partial charge < -0.3 is 10.5 Å². The fourth-order valence-corrected chi connectivity index (χ4v) is 1.99. The van der Waals surface area contributed by atoms with Crippen molar-refractivity contribution in [3.05, 3.63) is 64.7 Å². The number of aryl methyl sites for hydroxylation is 1. The molecule has 2 aromatic carbocycles. The second-order valence-electron chi connectivity index (χ2n) is 4.37. The van der Waals surface area contributed by atoms with Gasteiger partial charge in [-0.05, 0) is 48.9 Å². The largest absolute Gasteiger partial charge is 0.489 e. The van der Waals surface area contributed by atoms with Gasteiger partial charge in [0.05, 0.1) is 0 Å². The lowest BCUT2D eigenvalue weighted by molar-refractivity contribution is 0.304. The number of thiocarbonyl (C=S) groups is 1. The highest BCUT2D eigenvalue weighted by Crippen LogP contribution is 2.19. The SMILES string of the molecule is Cc1cc(OCc2cc(F)ccc2C(N)=S)ccc1F. The van der Waals surface area contributed by atoms with Crippen molar-refractivity contribution < 1.29 is 13.5 Å². The Labute approximate surface area is 121 Å². The van der Waals surface area contributed by atoms with Gasteiger partial charge in [-0.1, -0.05) is 12.2 Å². The van der Waals surface area contributed by atoms with Crippen LogP contribution in [-0.2, 0) is 6.61 Å². The topological polar surface area (TPSA) is 35.2 Å². The van der Waals surface area contributed by atoms with Gasteiger partial charge >= 0.3 is 0 Å². The maximum absolute atomic E-state index is 13.3. The molecule has 0 aliphatic heterocycles. The molecule has 0 saturated carbocycles. The average molecular weight is 293 g/mol. The fraction of sp³-hybridized carbons (Fsp3) is 0.133. The molecule has 0 spiro atoms. The predicted octanol–water partition coefficient (Wildman–Crippen LogP) is 3.49. The van der Waals surface area contributed by atoms with Crippen LogP contribution in [-0.4, -0.2) is 4.99 Å². The van der Waals surface area contributed by atoms with Crippen molar-refractivity contribution in [2.75, 3.05) is 0 Å². The number of benzene rings is 2. The zero-order valence-electron chi connectivity index (χ0n) is 10.8. The Morgan fingerprint density at radius 1 is 1.20 bits per heavy atom. The van der Waals surface area contributed by atoms with Crippen molar-refractivity contribution in [1.82, 2.24) is 0 Å². The van der Waals surface area contributed by atoms with E-state index in [1.807, 2.05) is 0 Å². The van der Waals surface area contributed by atoms with E-state index < -0.39 is 0 Å². The van der Waals surface area contributed by atoms with Crippen molar-refractivity contribution in [2.24, 2.45) is 5.73 Å². The van der Waals surface area contributed by atoms with Gasteiger partial charge in [-0.25, -0.2) is 8.78 Å². The van der Waals surface area contributed by atoms with E-state index in [4.69, 9.17) is 22.7 Å². The third-order valence-corrected chi connectivity index (χ3v) is 3.08. The molecule has 20 heavy (non-hydrogen) atoms. The lowest BCUT2D eigenvalue weighted by Gasteiger charge is -2.11. The summed E-state index contributed by atoms with van der Waals surface area (Å²) in [5, 5.41) is 0. The lowest BCUT2D eigenvalue weighted by atomic mass is 10.1. The molecule has 2 N–H and O–H groups in total. The van der Waals surface area contributed by atoms with Gasteiger partial charge in [0.25, 0.3) is 0 Å². The first kappa shape index (κ1) is 14.4. The molecule has 0 unspecified atom stereocenters. The number of nitrogens with two attached hydrogens (primary N) is 1. The Balaban J connectivity index is 2.20. The summed E-state index contributed by atoms with van der Waals surface area (Å²) in [6.45, 7) is 1.75. The summed E-state index contributed by atoms with van der Waals surface area (Å²) in [6.07, 6.45) is 0. The van der Waals surface area contributed by atoms with E-state index in [9.17, 15) is 8.78 Å². The zero-order chi connectivity index (χ0) is 14.7. The van der Waals surface area contributed by atoms with Gasteiger partial charge in [-0.3, -0.25) is 0 Å². The molecule has 0 aromatic heterocycles. The number of hydrogen-bond acceptors (Lipinski definition) is 2. The van der Waals surface area contributed by atoms with E-state index in [-0.39, 0.29) is 23.2 Å². The monoisotopic (exact) mass is 293 g/mol. The Hall–Kier alpha value is -2.01. The summed E-state index contributed by atoms with van der Waals surface area (Å²) in [5.74, 6) is -0.187. The number of rotatable bonds is 4. The molecule has 0 atom stereocenters. The maximum atomic E-state index is 13.3. The average Bonchev–Trinajstić information content (AvgIpc) is 2.40. The van der Waals surface area contributed by atoms with Gasteiger partial charge in [-0.15, -0.1) is 0 Å². The normalized spacial score (nSPS) is 10.3. The Morgan fingerprint density at radius 3 is 2.60 bits per heavy atom. The minimum Gasteiger partial charge on any atom is -0.489 e. The smallest absolute Gasteiger partial charge is 0.126 e. The first-order chi connectivity index (χ1) is 9.47. The van der Waals surface area contributed by atoms with Crippen LogP contribution in [0.25, 0.3) is 0 Å². The molecule has 2 aromatic rings. The van der Waals surface area contributed by atoms with Crippen molar-refractivity contribution >= 4 is 17.2 Å². The summed E-state index contributed by atoms with van der Waals surface area (Å²) < 4.78 is 31.9. The van der Waals surface area contributed by atoms with Gasteiger partial charge in [0.1, 0.15) is 29.0 Å². The third-order valence-electron chi connectivity index (χ3n) is 2.86. The minimum absolute atomic E-state index is 0.107. The number of hydrogen-bond donors (Lipinski definition) is 1. The van der Waals surface area contributed by atoms with Crippen LogP contribution in [0.2, 0.25) is 0 Å². The summed E-state index contributed by atoms with van der Waals surface area (Å²) in [7, 11) is 0. The van der Waals surface area contributed by atoms with E-state index >= 15 is 0 Å². The van der Waals surface area contributed by atoms with Crippen LogP contribution >= 0.6 is 12.2 Å². The molecule has 0 radical (unpaired) electrons. The van der Waals surface area contributed by atoms with Gasteiger partial charge in [0, 0.05) is 11.1 Å². The molecule has 2 nitrogen and oxygen atoms in total. The van der Waals surface area contributed by atoms with E-state index in [1.165, 1.54) is 30.3 Å². The molecular formula is C15H13F2NOS. The summed E-state index contributed by atoms with van der Waals surface area (Å²) in [6, 6.07) is 8.55. The summed E-state index contributed by atoms with van der Waals surface area (Å²) >= 11 is 4.91. The molecule has 0 fully saturated rings. The van der Waals surface area contributed by atoms with Crippen LogP contribution in [0, 0.1) is 18.6 Å². The first-order valence-corrected chi connectivity index (χ1v) is 6.35. The lowest BCUT2D eigenvalue weighted by Crippen LogP contribution is -2.13. The van der Waals surface area contributed by atoms with Crippen LogP contribution in [0.1, 0.15) is 16.7 Å². The van der Waals surface area contributed by atoms with E-state index in [2.05, 4.69) is 0 Å². The zero-order valence-corrected chi connectivity index (χ0v) is 11.6. The quantitative estimate of drug-likeness (QED) is 0.877. The van der Waals surface area contributed by atoms with Crippen molar-refractivity contribution in [2.45, 2.75) is 13.5 Å². The fourth-order valence-electron chi connectivity index (χ4n) is 1.79. The highest BCUT2D eigenvalue weighted by molar-refractivity contribution is 7.80. The molecule has 0 heterocycles. The van der Waals surface area contributed by atoms with Crippen LogP contribution in [0.5, 0.6) is 5.75 Å². The number of halogens is 2. The van der Waals surface area contributed by atoms with Gasteiger partial charge in [-0.2, -0.15) is 0 Å². The van der Waals surface area contributed by atoms with Crippen molar-refractivity contribution in [3.8, 4) is 5.75 Å². The third kappa shape index (κ3) is 3.30. The van der Waals surface area contributed by atoms with Crippen molar-refractivity contribution in [3.63, 3.8) is 0 Å². The second kappa shape index (κ2) is 5.96.